The van der Waals surface area contributed by atoms with Crippen molar-refractivity contribution in [2.45, 2.75) is 20.0 Å². The molecule has 1 aliphatic rings. The molecule has 9 heteroatoms. The molecule has 1 aromatic carbocycles. The second kappa shape index (κ2) is 8.87. The monoisotopic (exact) mass is 403 g/mol. The number of hydrogen-bond acceptors (Lipinski definition) is 5. The van der Waals surface area contributed by atoms with Gasteiger partial charge in [-0.15, -0.1) is 0 Å². The third-order valence-electron chi connectivity index (χ3n) is 4.68. The van der Waals surface area contributed by atoms with Crippen LogP contribution < -0.4 is 11.5 Å². The molecule has 1 unspecified atom stereocenters. The number of nitrogens with two attached hydrogens (primary N) is 2. The maximum atomic E-state index is 13.5. The third-order valence-corrected chi connectivity index (χ3v) is 4.68. The Morgan fingerprint density at radius 3 is 2.76 bits per heavy atom. The van der Waals surface area contributed by atoms with Crippen molar-refractivity contribution >= 4 is 17.6 Å². The Bertz CT molecular complexity index is 875. The van der Waals surface area contributed by atoms with E-state index in [2.05, 4.69) is 11.6 Å². The molecule has 1 amide bonds. The average molecular weight is 403 g/mol. The second-order valence-corrected chi connectivity index (χ2v) is 7.30. The number of rotatable bonds is 7. The molecule has 1 aromatic rings. The summed E-state index contributed by atoms with van der Waals surface area (Å²) in [6, 6.07) is 3.58. The molecule has 0 bridgehead atoms. The molecule has 0 aliphatic carbocycles. The van der Waals surface area contributed by atoms with Crippen molar-refractivity contribution in [3.8, 4) is 5.75 Å². The minimum absolute atomic E-state index is 0.0926. The number of likely N-dealkylation sites (tertiary alicyclic amines) is 1. The van der Waals surface area contributed by atoms with Gasteiger partial charge in [0, 0.05) is 35.8 Å². The summed E-state index contributed by atoms with van der Waals surface area (Å²) in [6.45, 7) is 8.68. The fourth-order valence-corrected chi connectivity index (χ4v) is 2.99. The van der Waals surface area contributed by atoms with E-state index in [1.54, 1.807) is 11.8 Å². The number of ether oxygens (including phenoxy) is 1. The number of aromatic hydroxyl groups is 1. The van der Waals surface area contributed by atoms with Crippen LogP contribution in [0, 0.1) is 16.6 Å². The highest BCUT2D eigenvalue weighted by Crippen LogP contribution is 2.31. The Morgan fingerprint density at radius 1 is 1.55 bits per heavy atom. The van der Waals surface area contributed by atoms with Gasteiger partial charge in [-0.2, -0.15) is 0 Å². The smallest absolute Gasteiger partial charge is 0.245 e. The van der Waals surface area contributed by atoms with Gasteiger partial charge in [0.2, 0.25) is 5.91 Å². The van der Waals surface area contributed by atoms with Gasteiger partial charge in [0.15, 0.2) is 17.4 Å². The second-order valence-electron chi connectivity index (χ2n) is 7.30. The van der Waals surface area contributed by atoms with Crippen molar-refractivity contribution in [3.63, 3.8) is 0 Å². The van der Waals surface area contributed by atoms with E-state index in [1.165, 1.54) is 18.3 Å². The van der Waals surface area contributed by atoms with Crippen molar-refractivity contribution in [1.29, 1.82) is 5.41 Å². The van der Waals surface area contributed by atoms with Gasteiger partial charge >= 0.3 is 0 Å². The summed E-state index contributed by atoms with van der Waals surface area (Å²) in [4.78, 5) is 17.2. The van der Waals surface area contributed by atoms with Crippen molar-refractivity contribution in [3.05, 3.63) is 54.0 Å². The predicted octanol–water partition coefficient (Wildman–Crippen LogP) is 1.50. The summed E-state index contributed by atoms with van der Waals surface area (Å²) < 4.78 is 19.3. The predicted molar refractivity (Wildman–Crippen MR) is 109 cm³/mol. The number of nitrogens with one attached hydrogen (secondary N) is 1. The third kappa shape index (κ3) is 5.20. The Hall–Kier alpha value is -3.20. The van der Waals surface area contributed by atoms with Crippen molar-refractivity contribution in [2.75, 3.05) is 19.7 Å². The van der Waals surface area contributed by atoms with Crippen LogP contribution in [0.15, 0.2) is 47.6 Å². The minimum atomic E-state index is -0.837. The van der Waals surface area contributed by atoms with Gasteiger partial charge in [-0.25, -0.2) is 9.38 Å². The zero-order chi connectivity index (χ0) is 21.8. The number of hydrogen-bond donors (Lipinski definition) is 4. The molecule has 1 aliphatic heterocycles. The quantitative estimate of drug-likeness (QED) is 0.310. The topological polar surface area (TPSA) is 138 Å². The lowest BCUT2D eigenvalue weighted by Gasteiger charge is -2.47. The first-order chi connectivity index (χ1) is 13.6. The van der Waals surface area contributed by atoms with Gasteiger partial charge in [0.25, 0.3) is 0 Å². The molecule has 1 saturated heterocycles. The lowest BCUT2D eigenvalue weighted by atomic mass is 9.82. The Kier molecular flexibility index (Phi) is 6.76. The number of benzene rings is 1. The number of carbonyl (C=O) groups is 1. The lowest BCUT2D eigenvalue weighted by Crippen LogP contribution is -2.58. The number of aliphatic imine (C=N–C) groups is 1. The molecule has 8 nitrogen and oxygen atoms in total. The van der Waals surface area contributed by atoms with E-state index >= 15 is 0 Å². The van der Waals surface area contributed by atoms with E-state index in [0.717, 1.165) is 12.1 Å². The number of carbonyl (C=O) groups excluding carboxylic acids is 1. The molecule has 1 fully saturated rings. The van der Waals surface area contributed by atoms with Crippen molar-refractivity contribution in [1.82, 2.24) is 4.90 Å². The van der Waals surface area contributed by atoms with Gasteiger partial charge in [-0.1, -0.05) is 13.5 Å². The first-order valence-electron chi connectivity index (χ1n) is 8.97. The van der Waals surface area contributed by atoms with Gasteiger partial charge in [0.1, 0.15) is 5.84 Å². The molecule has 2 rings (SSSR count). The Morgan fingerprint density at radius 2 is 2.21 bits per heavy atom. The molecule has 0 radical (unpaired) electrons. The molecule has 29 heavy (non-hydrogen) atoms. The molecule has 1 heterocycles. The first-order valence-corrected chi connectivity index (χ1v) is 8.97. The van der Waals surface area contributed by atoms with E-state index < -0.39 is 17.7 Å². The fourth-order valence-electron chi connectivity index (χ4n) is 2.99. The van der Waals surface area contributed by atoms with Crippen molar-refractivity contribution < 1.29 is 19.0 Å². The Labute approximate surface area is 168 Å². The molecule has 156 valence electrons. The highest BCUT2D eigenvalue weighted by atomic mass is 19.1. The molecule has 0 saturated carbocycles. The van der Waals surface area contributed by atoms with Crippen LogP contribution in [-0.2, 0) is 9.53 Å². The zero-order valence-electron chi connectivity index (χ0n) is 16.5. The van der Waals surface area contributed by atoms with Crippen LogP contribution in [0.5, 0.6) is 5.75 Å². The number of phenols is 1. The van der Waals surface area contributed by atoms with Crippen LogP contribution >= 0.6 is 0 Å². The van der Waals surface area contributed by atoms with Crippen LogP contribution in [0.2, 0.25) is 0 Å². The highest BCUT2D eigenvalue weighted by Gasteiger charge is 2.41. The zero-order valence-corrected chi connectivity index (χ0v) is 16.5. The standard InChI is InChI=1S/C20H26FN5O3/c1-4-17(28)26-9-20(3,10-26)11-29-12(2)14(8-22)19(24)25-18(23)13-5-6-16(27)15(21)7-13/h4-8,12,27H,1,9-11,22H2,2-3H3,(H3,23,24,25). The van der Waals surface area contributed by atoms with Gasteiger partial charge in [-0.3, -0.25) is 10.2 Å². The number of amides is 1. The minimum Gasteiger partial charge on any atom is -0.505 e. The van der Waals surface area contributed by atoms with Crippen LogP contribution in [0.25, 0.3) is 0 Å². The molecule has 0 spiro atoms. The lowest BCUT2D eigenvalue weighted by molar-refractivity contribution is -0.141. The van der Waals surface area contributed by atoms with Crippen LogP contribution in [0.1, 0.15) is 19.4 Å². The summed E-state index contributed by atoms with van der Waals surface area (Å²) in [5.41, 5.74) is 11.8. The number of amidine groups is 2. The summed E-state index contributed by atoms with van der Waals surface area (Å²) >= 11 is 0. The fraction of sp³-hybridized carbons (Fsp3) is 0.350. The first kappa shape index (κ1) is 22.1. The summed E-state index contributed by atoms with van der Waals surface area (Å²) in [7, 11) is 0. The van der Waals surface area contributed by atoms with E-state index in [4.69, 9.17) is 21.6 Å². The van der Waals surface area contributed by atoms with E-state index in [1.807, 2.05) is 6.92 Å². The van der Waals surface area contributed by atoms with Crippen LogP contribution in [0.3, 0.4) is 0 Å². The Balaban J connectivity index is 1.99. The largest absolute Gasteiger partial charge is 0.505 e. The van der Waals surface area contributed by atoms with Gasteiger partial charge < -0.3 is 26.2 Å². The normalized spacial score (nSPS) is 17.4. The van der Waals surface area contributed by atoms with Crippen molar-refractivity contribution in [2.24, 2.45) is 21.9 Å². The number of nitrogens with zero attached hydrogens (tertiary/aromatic N) is 2. The summed E-state index contributed by atoms with van der Waals surface area (Å²) in [5, 5.41) is 17.4. The van der Waals surface area contributed by atoms with E-state index in [-0.39, 0.29) is 28.6 Å². The highest BCUT2D eigenvalue weighted by molar-refractivity contribution is 6.09. The number of phenolic OH excluding ortho intramolecular Hbond substituents is 1. The molecular formula is C20H26FN5O3. The maximum Gasteiger partial charge on any atom is 0.245 e. The SMILES string of the molecule is C=CC(=O)N1CC(C)(COC(C)C(=CN)C(=N)N=C(N)c2ccc(O)c(F)c2)C1. The van der Waals surface area contributed by atoms with Crippen LogP contribution in [-0.4, -0.2) is 53.4 Å². The maximum absolute atomic E-state index is 13.5. The van der Waals surface area contributed by atoms with Crippen LogP contribution in [0.4, 0.5) is 4.39 Å². The van der Waals surface area contributed by atoms with E-state index in [9.17, 15) is 14.3 Å². The molecular weight excluding hydrogens is 377 g/mol. The number of halogens is 1. The van der Waals surface area contributed by atoms with Gasteiger partial charge in [0.05, 0.1) is 12.7 Å². The summed E-state index contributed by atoms with van der Waals surface area (Å²) in [6.07, 6.45) is 1.96. The molecule has 0 aromatic heterocycles. The van der Waals surface area contributed by atoms with Gasteiger partial charge in [-0.05, 0) is 31.2 Å². The summed E-state index contributed by atoms with van der Waals surface area (Å²) in [5.74, 6) is -1.76. The molecule has 6 N–H and O–H groups in total. The molecule has 1 atom stereocenters. The van der Waals surface area contributed by atoms with E-state index in [0.29, 0.717) is 25.3 Å². The average Bonchev–Trinajstić information content (AvgIpc) is 2.66.